The van der Waals surface area contributed by atoms with Gasteiger partial charge in [0.05, 0.1) is 5.56 Å². The summed E-state index contributed by atoms with van der Waals surface area (Å²) in [5.41, 5.74) is 0.0703. The van der Waals surface area contributed by atoms with E-state index in [1.54, 1.807) is 6.07 Å². The predicted octanol–water partition coefficient (Wildman–Crippen LogP) is 4.79. The van der Waals surface area contributed by atoms with Crippen molar-refractivity contribution in [3.63, 3.8) is 0 Å². The highest BCUT2D eigenvalue weighted by Crippen LogP contribution is 2.31. The lowest BCUT2D eigenvalue weighted by Gasteiger charge is -2.17. The molecule has 0 saturated carbocycles. The number of nitrogens with one attached hydrogen (secondary N) is 2. The van der Waals surface area contributed by atoms with E-state index in [2.05, 4.69) is 32.7 Å². The van der Waals surface area contributed by atoms with Crippen LogP contribution in [0.4, 0.5) is 13.2 Å². The summed E-state index contributed by atoms with van der Waals surface area (Å²) in [4.78, 5) is 4.58. The van der Waals surface area contributed by atoms with Crippen LogP contribution in [0.5, 0.6) is 0 Å². The van der Waals surface area contributed by atoms with Gasteiger partial charge in [0.15, 0.2) is 11.8 Å². The second-order valence-electron chi connectivity index (χ2n) is 7.41. The number of aliphatic imine (C=N–C) groups is 1. The molecule has 1 unspecified atom stereocenters. The molecule has 10 heteroatoms. The third kappa shape index (κ3) is 8.66. The minimum Gasteiger partial charge on any atom is -0.356 e. The molecule has 2 N–H and O–H groups in total. The minimum atomic E-state index is -4.32. The Morgan fingerprint density at radius 2 is 1.90 bits per heavy atom. The average Bonchev–Trinajstić information content (AvgIpc) is 3.03. The normalized spacial score (nSPS) is 12.9. The molecule has 2 aromatic rings. The Kier molecular flexibility index (Phi) is 11.3. The number of hydrogen-bond donors (Lipinski definition) is 2. The van der Waals surface area contributed by atoms with Crippen molar-refractivity contribution in [2.24, 2.45) is 12.0 Å². The van der Waals surface area contributed by atoms with E-state index in [1.165, 1.54) is 12.1 Å². The summed E-state index contributed by atoms with van der Waals surface area (Å²) >= 11 is 0. The number of alkyl halides is 3. The largest absolute Gasteiger partial charge is 0.416 e. The van der Waals surface area contributed by atoms with E-state index in [4.69, 9.17) is 0 Å². The average molecular weight is 552 g/mol. The maximum atomic E-state index is 12.9. The Labute approximate surface area is 199 Å². The predicted molar refractivity (Wildman–Crippen MR) is 128 cm³/mol. The van der Waals surface area contributed by atoms with Crippen molar-refractivity contribution >= 4 is 29.9 Å². The van der Waals surface area contributed by atoms with Crippen LogP contribution in [0.2, 0.25) is 0 Å². The fourth-order valence-corrected chi connectivity index (χ4v) is 2.89. The van der Waals surface area contributed by atoms with E-state index in [0.717, 1.165) is 37.1 Å². The summed E-state index contributed by atoms with van der Waals surface area (Å²) in [5, 5.41) is 14.7. The van der Waals surface area contributed by atoms with Gasteiger partial charge in [0.1, 0.15) is 12.4 Å². The minimum absolute atomic E-state index is 0. The summed E-state index contributed by atoms with van der Waals surface area (Å²) < 4.78 is 40.7. The number of guanidine groups is 1. The summed E-state index contributed by atoms with van der Waals surface area (Å²) in [6, 6.07) is 5.54. The van der Waals surface area contributed by atoms with Gasteiger partial charge in [-0.25, -0.2) is 4.99 Å². The smallest absolute Gasteiger partial charge is 0.356 e. The molecule has 0 fully saturated rings. The molecule has 2 rings (SSSR count). The molecule has 1 atom stereocenters. The Hall–Kier alpha value is -1.85. The van der Waals surface area contributed by atoms with Crippen LogP contribution >= 0.6 is 24.0 Å². The number of aromatic nitrogens is 3. The van der Waals surface area contributed by atoms with Gasteiger partial charge in [-0.15, -0.1) is 34.2 Å². The maximum absolute atomic E-state index is 12.9. The highest BCUT2D eigenvalue weighted by atomic mass is 127. The first-order valence-corrected chi connectivity index (χ1v) is 10.3. The first-order chi connectivity index (χ1) is 14.2. The van der Waals surface area contributed by atoms with E-state index >= 15 is 0 Å². The lowest BCUT2D eigenvalue weighted by atomic mass is 9.96. The molecule has 174 valence electrons. The van der Waals surface area contributed by atoms with Gasteiger partial charge in [-0.1, -0.05) is 38.5 Å². The summed E-state index contributed by atoms with van der Waals surface area (Å²) in [6.45, 7) is 7.71. The molecule has 0 aliphatic heterocycles. The molecule has 1 aromatic heterocycles. The lowest BCUT2D eigenvalue weighted by molar-refractivity contribution is -0.137. The van der Waals surface area contributed by atoms with Crippen molar-refractivity contribution in [2.45, 2.75) is 58.7 Å². The van der Waals surface area contributed by atoms with Crippen LogP contribution < -0.4 is 10.6 Å². The molecule has 0 bridgehead atoms. The Morgan fingerprint density at radius 3 is 2.52 bits per heavy atom. The Balaban J connectivity index is 0.00000480. The molecule has 1 aromatic carbocycles. The van der Waals surface area contributed by atoms with E-state index < -0.39 is 11.7 Å². The van der Waals surface area contributed by atoms with E-state index in [1.807, 2.05) is 25.5 Å². The SMILES string of the molecule is CCCCNC(=NCc1nnc(C)n1C)NCCC(C)c1cccc(C(F)(F)F)c1.I. The van der Waals surface area contributed by atoms with Crippen LogP contribution in [0.1, 0.15) is 61.8 Å². The van der Waals surface area contributed by atoms with Gasteiger partial charge in [0.2, 0.25) is 0 Å². The zero-order chi connectivity index (χ0) is 22.1. The quantitative estimate of drug-likeness (QED) is 0.203. The molecular formula is C21H32F3IN6. The van der Waals surface area contributed by atoms with Gasteiger partial charge in [0.25, 0.3) is 0 Å². The molecule has 1 heterocycles. The summed E-state index contributed by atoms with van der Waals surface area (Å²) in [7, 11) is 1.90. The topological polar surface area (TPSA) is 67.1 Å². The van der Waals surface area contributed by atoms with Crippen LogP contribution in [-0.4, -0.2) is 33.8 Å². The second-order valence-corrected chi connectivity index (χ2v) is 7.41. The van der Waals surface area contributed by atoms with Gasteiger partial charge >= 0.3 is 6.18 Å². The van der Waals surface area contributed by atoms with Crippen LogP contribution in [-0.2, 0) is 19.8 Å². The van der Waals surface area contributed by atoms with Crippen molar-refractivity contribution in [2.75, 3.05) is 13.1 Å². The first-order valence-electron chi connectivity index (χ1n) is 10.3. The summed E-state index contributed by atoms with van der Waals surface area (Å²) in [5.74, 6) is 2.24. The molecular weight excluding hydrogens is 520 g/mol. The molecule has 6 nitrogen and oxygen atoms in total. The number of halogens is 4. The van der Waals surface area contributed by atoms with E-state index in [9.17, 15) is 13.2 Å². The van der Waals surface area contributed by atoms with Crippen LogP contribution in [0, 0.1) is 6.92 Å². The van der Waals surface area contributed by atoms with Crippen molar-refractivity contribution in [1.29, 1.82) is 0 Å². The summed E-state index contributed by atoms with van der Waals surface area (Å²) in [6.07, 6.45) is -1.56. The molecule has 0 saturated heterocycles. The number of rotatable bonds is 9. The fourth-order valence-electron chi connectivity index (χ4n) is 2.89. The van der Waals surface area contributed by atoms with Crippen LogP contribution in [0.3, 0.4) is 0 Å². The third-order valence-corrected chi connectivity index (χ3v) is 5.04. The van der Waals surface area contributed by atoms with Crippen molar-refractivity contribution in [3.05, 3.63) is 47.0 Å². The Morgan fingerprint density at radius 1 is 1.19 bits per heavy atom. The standard InChI is InChI=1S/C21H31F3N6.HI/c1-5-6-11-25-20(27-14-19-29-28-16(3)30(19)4)26-12-10-15(2)17-8-7-9-18(13-17)21(22,23)24;/h7-9,13,15H,5-6,10-12,14H2,1-4H3,(H2,25,26,27);1H. The van der Waals surface area contributed by atoms with E-state index in [-0.39, 0.29) is 29.9 Å². The monoisotopic (exact) mass is 552 g/mol. The Bertz CT molecular complexity index is 835. The maximum Gasteiger partial charge on any atom is 0.416 e. The van der Waals surface area contributed by atoms with Gasteiger partial charge in [-0.3, -0.25) is 0 Å². The number of aryl methyl sites for hydroxylation is 1. The van der Waals surface area contributed by atoms with Crippen LogP contribution in [0.25, 0.3) is 0 Å². The van der Waals surface area contributed by atoms with Crippen LogP contribution in [0.15, 0.2) is 29.3 Å². The van der Waals surface area contributed by atoms with Crippen molar-refractivity contribution in [3.8, 4) is 0 Å². The number of benzene rings is 1. The molecule has 0 spiro atoms. The highest BCUT2D eigenvalue weighted by molar-refractivity contribution is 14.0. The van der Waals surface area contributed by atoms with Gasteiger partial charge in [0, 0.05) is 20.1 Å². The first kappa shape index (κ1) is 27.2. The third-order valence-electron chi connectivity index (χ3n) is 5.04. The highest BCUT2D eigenvalue weighted by Gasteiger charge is 2.30. The number of unbranched alkanes of at least 4 members (excludes halogenated alkanes) is 1. The van der Waals surface area contributed by atoms with Gasteiger partial charge in [-0.2, -0.15) is 13.2 Å². The molecule has 0 aliphatic carbocycles. The fraction of sp³-hybridized carbons (Fsp3) is 0.571. The molecule has 31 heavy (non-hydrogen) atoms. The van der Waals surface area contributed by atoms with Crippen molar-refractivity contribution < 1.29 is 13.2 Å². The second kappa shape index (κ2) is 12.9. The number of hydrogen-bond acceptors (Lipinski definition) is 3. The molecule has 0 aliphatic rings. The van der Waals surface area contributed by atoms with E-state index in [0.29, 0.717) is 31.0 Å². The van der Waals surface area contributed by atoms with Gasteiger partial charge in [-0.05, 0) is 37.3 Å². The zero-order valence-corrected chi connectivity index (χ0v) is 20.8. The lowest BCUT2D eigenvalue weighted by Crippen LogP contribution is -2.38. The molecule has 0 radical (unpaired) electrons. The zero-order valence-electron chi connectivity index (χ0n) is 18.5. The number of nitrogens with zero attached hydrogens (tertiary/aromatic N) is 4. The van der Waals surface area contributed by atoms with Gasteiger partial charge < -0.3 is 15.2 Å². The van der Waals surface area contributed by atoms with Crippen molar-refractivity contribution in [1.82, 2.24) is 25.4 Å². The molecule has 0 amide bonds.